The molecule has 0 radical (unpaired) electrons. The summed E-state index contributed by atoms with van der Waals surface area (Å²) in [5.41, 5.74) is 1.16. The molecule has 2 rings (SSSR count). The summed E-state index contributed by atoms with van der Waals surface area (Å²) in [7, 11) is 0. The van der Waals surface area contributed by atoms with Gasteiger partial charge in [0.15, 0.2) is 0 Å². The van der Waals surface area contributed by atoms with Crippen molar-refractivity contribution >= 4 is 45.1 Å². The van der Waals surface area contributed by atoms with Crippen LogP contribution in [0.1, 0.15) is 5.56 Å². The molecule has 0 bridgehead atoms. The van der Waals surface area contributed by atoms with Gasteiger partial charge in [0.25, 0.3) is 5.91 Å². The van der Waals surface area contributed by atoms with Crippen LogP contribution in [0.25, 0.3) is 0 Å². The Labute approximate surface area is 146 Å². The van der Waals surface area contributed by atoms with Gasteiger partial charge in [-0.2, -0.15) is 5.26 Å². The summed E-state index contributed by atoms with van der Waals surface area (Å²) in [6.45, 7) is 1.78. The van der Waals surface area contributed by atoms with Gasteiger partial charge in [-0.15, -0.1) is 0 Å². The number of carbonyl (C=O) groups is 1. The first kappa shape index (κ1) is 16.9. The van der Waals surface area contributed by atoms with E-state index in [9.17, 15) is 4.79 Å². The lowest BCUT2D eigenvalue weighted by molar-refractivity contribution is -0.112. The molecule has 0 saturated carbocycles. The molecule has 0 aliphatic carbocycles. The van der Waals surface area contributed by atoms with Gasteiger partial charge in [0.05, 0.1) is 4.47 Å². The molecule has 0 aliphatic heterocycles. The van der Waals surface area contributed by atoms with Crippen LogP contribution in [-0.2, 0) is 4.79 Å². The van der Waals surface area contributed by atoms with Crippen molar-refractivity contribution in [3.8, 4) is 6.07 Å². The molecule has 1 amide bonds. The zero-order valence-corrected chi connectivity index (χ0v) is 14.3. The number of nitrogens with one attached hydrogen (secondary N) is 2. The number of hydrogen-bond donors (Lipinski definition) is 2. The molecular formula is C15H11BrClN5O. The number of anilines is 2. The molecule has 2 aromatic rings. The quantitative estimate of drug-likeness (QED) is 0.612. The molecule has 0 spiro atoms. The van der Waals surface area contributed by atoms with E-state index in [1.165, 1.54) is 6.20 Å². The number of nitrogens with zero attached hydrogens (tertiary/aromatic N) is 3. The third-order valence-corrected chi connectivity index (χ3v) is 3.67. The topological polar surface area (TPSA) is 90.7 Å². The van der Waals surface area contributed by atoms with Crippen LogP contribution in [-0.4, -0.2) is 15.9 Å². The molecule has 6 nitrogen and oxygen atoms in total. The fourth-order valence-corrected chi connectivity index (χ4v) is 1.98. The van der Waals surface area contributed by atoms with Gasteiger partial charge in [-0.05, 0) is 40.5 Å². The van der Waals surface area contributed by atoms with Gasteiger partial charge < -0.3 is 10.6 Å². The number of benzene rings is 1. The zero-order valence-electron chi connectivity index (χ0n) is 12.0. The fraction of sp³-hybridized carbons (Fsp3) is 0.0667. The molecule has 23 heavy (non-hydrogen) atoms. The van der Waals surface area contributed by atoms with Crippen LogP contribution in [0, 0.1) is 18.3 Å². The molecule has 1 heterocycles. The molecule has 0 saturated heterocycles. The van der Waals surface area contributed by atoms with Crippen molar-refractivity contribution in [2.45, 2.75) is 6.92 Å². The van der Waals surface area contributed by atoms with Gasteiger partial charge in [-0.25, -0.2) is 9.97 Å². The summed E-state index contributed by atoms with van der Waals surface area (Å²) < 4.78 is 0.724. The highest BCUT2D eigenvalue weighted by atomic mass is 79.9. The second kappa shape index (κ2) is 7.72. The SMILES string of the molecule is Cc1c(Cl)cccc1NC(=O)/C(C#N)=C\Nc1ncc(Br)cn1. The minimum Gasteiger partial charge on any atom is -0.329 e. The summed E-state index contributed by atoms with van der Waals surface area (Å²) in [5, 5.41) is 15.0. The highest BCUT2D eigenvalue weighted by Crippen LogP contribution is 2.23. The van der Waals surface area contributed by atoms with Gasteiger partial charge >= 0.3 is 0 Å². The van der Waals surface area contributed by atoms with Crippen molar-refractivity contribution in [2.75, 3.05) is 10.6 Å². The maximum absolute atomic E-state index is 12.1. The number of carbonyl (C=O) groups excluding carboxylic acids is 1. The minimum absolute atomic E-state index is 0.115. The first-order valence-corrected chi connectivity index (χ1v) is 7.59. The Morgan fingerprint density at radius 1 is 1.39 bits per heavy atom. The normalized spacial score (nSPS) is 10.8. The van der Waals surface area contributed by atoms with E-state index >= 15 is 0 Å². The molecule has 1 aromatic heterocycles. The Hall–Kier alpha value is -2.43. The zero-order chi connectivity index (χ0) is 16.8. The van der Waals surface area contributed by atoms with E-state index < -0.39 is 5.91 Å². The van der Waals surface area contributed by atoms with Crippen molar-refractivity contribution < 1.29 is 4.79 Å². The smallest absolute Gasteiger partial charge is 0.267 e. The van der Waals surface area contributed by atoms with E-state index in [0.717, 1.165) is 10.0 Å². The number of halogens is 2. The Morgan fingerprint density at radius 2 is 2.09 bits per heavy atom. The predicted octanol–water partition coefficient (Wildman–Crippen LogP) is 3.66. The third kappa shape index (κ3) is 4.52. The second-order valence-electron chi connectivity index (χ2n) is 4.41. The monoisotopic (exact) mass is 391 g/mol. The number of hydrogen-bond acceptors (Lipinski definition) is 5. The van der Waals surface area contributed by atoms with Gasteiger partial charge in [0, 0.05) is 29.3 Å². The standard InChI is InChI=1S/C15H11BrClN5O/c1-9-12(17)3-2-4-13(9)22-14(23)10(5-18)6-19-15-20-7-11(16)8-21-15/h2-4,6-8H,1H3,(H,22,23)(H,19,20,21)/b10-6-. The summed E-state index contributed by atoms with van der Waals surface area (Å²) in [5.74, 6) is -0.282. The van der Waals surface area contributed by atoms with E-state index in [4.69, 9.17) is 16.9 Å². The Kier molecular flexibility index (Phi) is 5.68. The van der Waals surface area contributed by atoms with Crippen LogP contribution >= 0.6 is 27.5 Å². The van der Waals surface area contributed by atoms with Crippen LogP contribution in [0.3, 0.4) is 0 Å². The molecular weight excluding hydrogens is 382 g/mol. The van der Waals surface area contributed by atoms with E-state index in [2.05, 4.69) is 36.5 Å². The number of rotatable bonds is 4. The van der Waals surface area contributed by atoms with Crippen molar-refractivity contribution in [2.24, 2.45) is 0 Å². The molecule has 0 fully saturated rings. The van der Waals surface area contributed by atoms with E-state index in [1.54, 1.807) is 37.5 Å². The van der Waals surface area contributed by atoms with Gasteiger partial charge in [-0.1, -0.05) is 17.7 Å². The van der Waals surface area contributed by atoms with Crippen LogP contribution in [0.4, 0.5) is 11.6 Å². The average Bonchev–Trinajstić information content (AvgIpc) is 2.54. The lowest BCUT2D eigenvalue weighted by Gasteiger charge is -2.09. The number of aromatic nitrogens is 2. The summed E-state index contributed by atoms with van der Waals surface area (Å²) in [6.07, 6.45) is 4.34. The first-order chi connectivity index (χ1) is 11.0. The van der Waals surface area contributed by atoms with Crippen molar-refractivity contribution in [1.82, 2.24) is 9.97 Å². The number of amides is 1. The summed E-state index contributed by atoms with van der Waals surface area (Å²) in [6, 6.07) is 6.97. The largest absolute Gasteiger partial charge is 0.329 e. The molecule has 2 N–H and O–H groups in total. The predicted molar refractivity (Wildman–Crippen MR) is 91.9 cm³/mol. The minimum atomic E-state index is -0.553. The lowest BCUT2D eigenvalue weighted by atomic mass is 10.2. The van der Waals surface area contributed by atoms with Gasteiger partial charge in [0.2, 0.25) is 5.95 Å². The maximum Gasteiger partial charge on any atom is 0.267 e. The third-order valence-electron chi connectivity index (χ3n) is 2.85. The molecule has 1 aromatic carbocycles. The average molecular weight is 393 g/mol. The van der Waals surface area contributed by atoms with Crippen LogP contribution in [0.2, 0.25) is 5.02 Å². The van der Waals surface area contributed by atoms with Gasteiger partial charge in [0.1, 0.15) is 11.6 Å². The molecule has 0 atom stereocenters. The Balaban J connectivity index is 2.12. The lowest BCUT2D eigenvalue weighted by Crippen LogP contribution is -2.15. The van der Waals surface area contributed by atoms with Gasteiger partial charge in [-0.3, -0.25) is 4.79 Å². The van der Waals surface area contributed by atoms with E-state index in [-0.39, 0.29) is 11.5 Å². The Morgan fingerprint density at radius 3 is 2.74 bits per heavy atom. The first-order valence-electron chi connectivity index (χ1n) is 6.42. The van der Waals surface area contributed by atoms with Crippen molar-refractivity contribution in [3.63, 3.8) is 0 Å². The van der Waals surface area contributed by atoms with E-state index in [1.807, 2.05) is 6.07 Å². The van der Waals surface area contributed by atoms with E-state index in [0.29, 0.717) is 10.7 Å². The van der Waals surface area contributed by atoms with Crippen molar-refractivity contribution in [3.05, 3.63) is 57.4 Å². The summed E-state index contributed by atoms with van der Waals surface area (Å²) in [4.78, 5) is 20.1. The molecule has 0 unspecified atom stereocenters. The molecule has 0 aliphatic rings. The van der Waals surface area contributed by atoms with Crippen LogP contribution in [0.15, 0.2) is 46.8 Å². The van der Waals surface area contributed by atoms with Crippen molar-refractivity contribution in [1.29, 1.82) is 5.26 Å². The molecule has 116 valence electrons. The number of nitriles is 1. The van der Waals surface area contributed by atoms with Crippen LogP contribution in [0.5, 0.6) is 0 Å². The Bertz CT molecular complexity index is 799. The second-order valence-corrected chi connectivity index (χ2v) is 5.73. The highest BCUT2D eigenvalue weighted by Gasteiger charge is 2.11. The summed E-state index contributed by atoms with van der Waals surface area (Å²) >= 11 is 9.22. The maximum atomic E-state index is 12.1. The van der Waals surface area contributed by atoms with Crippen LogP contribution < -0.4 is 10.6 Å². The fourth-order valence-electron chi connectivity index (χ4n) is 1.60. The molecule has 8 heteroatoms. The highest BCUT2D eigenvalue weighted by molar-refractivity contribution is 9.10.